The molecule has 10 nitrogen and oxygen atoms in total. The van der Waals surface area contributed by atoms with Crippen LogP contribution in [0.4, 0.5) is 11.4 Å². The van der Waals surface area contributed by atoms with E-state index in [9.17, 15) is 33.0 Å². The molecule has 4 aromatic rings. The largest absolute Gasteiger partial charge is 0.508 e. The number of methoxy groups -OCH3 is 1. The van der Waals surface area contributed by atoms with Gasteiger partial charge in [0, 0.05) is 17.2 Å². The molecule has 0 fully saturated rings. The summed E-state index contributed by atoms with van der Waals surface area (Å²) in [7, 11) is -2.82. The Bertz CT molecular complexity index is 2020. The van der Waals surface area contributed by atoms with Crippen molar-refractivity contribution in [2.24, 2.45) is 0 Å². The van der Waals surface area contributed by atoms with Crippen LogP contribution >= 0.6 is 0 Å². The van der Waals surface area contributed by atoms with Crippen LogP contribution < -0.4 is 14.5 Å². The van der Waals surface area contributed by atoms with Crippen molar-refractivity contribution in [1.82, 2.24) is 0 Å². The van der Waals surface area contributed by atoms with Gasteiger partial charge in [-0.05, 0) is 79.2 Å². The molecule has 0 aliphatic carbocycles. The Labute approximate surface area is 240 Å². The summed E-state index contributed by atoms with van der Waals surface area (Å²) in [6.45, 7) is 5.64. The van der Waals surface area contributed by atoms with Crippen molar-refractivity contribution in [1.29, 1.82) is 0 Å². The first-order valence-corrected chi connectivity index (χ1v) is 14.0. The van der Waals surface area contributed by atoms with E-state index in [0.29, 0.717) is 11.3 Å². The van der Waals surface area contributed by atoms with Crippen LogP contribution in [0.2, 0.25) is 0 Å². The number of phenols is 2. The third-order valence-corrected chi connectivity index (χ3v) is 9.06. The van der Waals surface area contributed by atoms with E-state index < -0.39 is 27.6 Å². The molecule has 2 aliphatic heterocycles. The molecule has 3 amide bonds. The lowest BCUT2D eigenvalue weighted by atomic mass is 10.1. The van der Waals surface area contributed by atoms with Crippen molar-refractivity contribution >= 4 is 44.6 Å². The number of carbonyl (C=O) groups excluding carboxylic acids is 3. The Balaban J connectivity index is 1.36. The molecule has 2 aliphatic rings. The molecule has 6 rings (SSSR count). The van der Waals surface area contributed by atoms with Gasteiger partial charge < -0.3 is 14.9 Å². The first-order chi connectivity index (χ1) is 19.9. The van der Waals surface area contributed by atoms with Gasteiger partial charge >= 0.3 is 0 Å². The molecular weight excluding hydrogens is 560 g/mol. The lowest BCUT2D eigenvalue weighted by molar-refractivity contribution is 0.0924. The number of nitrogens with zero attached hydrogens (tertiary/aromatic N) is 2. The third-order valence-electron chi connectivity index (χ3n) is 7.31. The minimum absolute atomic E-state index is 0.0229. The summed E-state index contributed by atoms with van der Waals surface area (Å²) in [5.74, 6) is -1.61. The van der Waals surface area contributed by atoms with E-state index in [2.05, 4.69) is 6.58 Å². The second kappa shape index (κ2) is 9.32. The molecule has 2 heterocycles. The number of imide groups is 1. The summed E-state index contributed by atoms with van der Waals surface area (Å²) >= 11 is 0. The number of ether oxygens (including phenoxy) is 1. The number of fused-ring (bicyclic) bond motifs is 2. The molecule has 0 radical (unpaired) electrons. The Kier molecular flexibility index (Phi) is 5.94. The average molecular weight is 583 g/mol. The topological polar surface area (TPSA) is 142 Å². The van der Waals surface area contributed by atoms with Crippen molar-refractivity contribution in [3.63, 3.8) is 0 Å². The summed E-state index contributed by atoms with van der Waals surface area (Å²) < 4.78 is 32.8. The van der Waals surface area contributed by atoms with Crippen molar-refractivity contribution in [3.05, 3.63) is 107 Å². The van der Waals surface area contributed by atoms with Gasteiger partial charge in [0.2, 0.25) is 9.84 Å². The van der Waals surface area contributed by atoms with E-state index >= 15 is 0 Å². The van der Waals surface area contributed by atoms with Crippen molar-refractivity contribution in [3.8, 4) is 17.2 Å². The highest BCUT2D eigenvalue weighted by Gasteiger charge is 2.39. The van der Waals surface area contributed by atoms with Gasteiger partial charge in [0.05, 0.1) is 45.1 Å². The molecule has 0 saturated heterocycles. The summed E-state index contributed by atoms with van der Waals surface area (Å²) in [6.07, 6.45) is 0. The monoisotopic (exact) mass is 582 g/mol. The number of hydrogen-bond donors (Lipinski definition) is 2. The summed E-state index contributed by atoms with van der Waals surface area (Å²) in [4.78, 5) is 41.6. The van der Waals surface area contributed by atoms with Crippen LogP contribution in [0.15, 0.2) is 89.2 Å². The van der Waals surface area contributed by atoms with Crippen LogP contribution in [0.3, 0.4) is 0 Å². The highest BCUT2D eigenvalue weighted by atomic mass is 32.2. The van der Waals surface area contributed by atoms with Gasteiger partial charge in [-0.3, -0.25) is 19.3 Å². The van der Waals surface area contributed by atoms with Gasteiger partial charge in [0.25, 0.3) is 17.7 Å². The fourth-order valence-corrected chi connectivity index (χ4v) is 6.53. The second-order valence-corrected chi connectivity index (χ2v) is 11.7. The number of hydrogen-bond acceptors (Lipinski definition) is 8. The first-order valence-electron chi connectivity index (χ1n) is 12.6. The highest BCUT2D eigenvalue weighted by molar-refractivity contribution is 7.91. The zero-order chi connectivity index (χ0) is 30.1. The van der Waals surface area contributed by atoms with Gasteiger partial charge in [0.1, 0.15) is 17.2 Å². The predicted molar refractivity (Wildman–Crippen MR) is 153 cm³/mol. The number of anilines is 2. The average Bonchev–Trinajstić information content (AvgIpc) is 3.36. The molecule has 11 heteroatoms. The lowest BCUT2D eigenvalue weighted by Crippen LogP contribution is -2.29. The standard InChI is InChI=1S/C31H22N2O8S/c1-16-12-18(34)4-10-26(16)33-30(37)23-9-7-21(15-25(23)31(33)38)42(39,40)20-6-8-22-24(14-20)17(2)32(29(22)36)27-11-5-19(35)13-28(27)41-3/h4-15,34-35H,2H2,1,3H3. The summed E-state index contributed by atoms with van der Waals surface area (Å²) in [5, 5.41) is 19.5. The van der Waals surface area contributed by atoms with Crippen LogP contribution in [0.25, 0.3) is 5.70 Å². The number of carbonyl (C=O) groups is 3. The molecule has 4 aromatic carbocycles. The number of amides is 3. The molecule has 42 heavy (non-hydrogen) atoms. The molecule has 210 valence electrons. The SMILES string of the molecule is C=C1c2cc(S(=O)(=O)c3ccc4c(c3)C(=O)N(c3ccc(O)cc3C)C4=O)ccc2C(=O)N1c1ccc(O)cc1OC. The van der Waals surface area contributed by atoms with E-state index in [1.54, 1.807) is 6.92 Å². The van der Waals surface area contributed by atoms with Crippen molar-refractivity contribution in [2.45, 2.75) is 16.7 Å². The van der Waals surface area contributed by atoms with Gasteiger partial charge in [-0.25, -0.2) is 13.3 Å². The van der Waals surface area contributed by atoms with Crippen molar-refractivity contribution in [2.75, 3.05) is 16.9 Å². The normalized spacial score (nSPS) is 14.4. The second-order valence-electron chi connectivity index (χ2n) is 9.78. The molecular formula is C31H22N2O8S. The predicted octanol–water partition coefficient (Wildman–Crippen LogP) is 4.68. The van der Waals surface area contributed by atoms with Gasteiger partial charge in [0.15, 0.2) is 0 Å². The van der Waals surface area contributed by atoms with E-state index in [0.717, 1.165) is 4.90 Å². The molecule has 0 atom stereocenters. The van der Waals surface area contributed by atoms with E-state index in [-0.39, 0.29) is 60.7 Å². The van der Waals surface area contributed by atoms with Crippen LogP contribution in [-0.2, 0) is 9.84 Å². The maximum Gasteiger partial charge on any atom is 0.266 e. The maximum atomic E-state index is 13.7. The van der Waals surface area contributed by atoms with Crippen LogP contribution in [0.5, 0.6) is 17.2 Å². The zero-order valence-corrected chi connectivity index (χ0v) is 23.1. The number of rotatable bonds is 5. The number of sulfone groups is 1. The third kappa shape index (κ3) is 3.85. The molecule has 0 saturated carbocycles. The molecule has 0 spiro atoms. The Morgan fingerprint density at radius 1 is 0.667 bits per heavy atom. The molecule has 0 unspecified atom stereocenters. The van der Waals surface area contributed by atoms with Crippen LogP contribution in [0.1, 0.15) is 42.2 Å². The Morgan fingerprint density at radius 3 is 1.81 bits per heavy atom. The minimum Gasteiger partial charge on any atom is -0.508 e. The number of benzene rings is 4. The fourth-order valence-electron chi connectivity index (χ4n) is 5.22. The molecule has 0 bridgehead atoms. The van der Waals surface area contributed by atoms with Crippen molar-refractivity contribution < 1.29 is 37.8 Å². The molecule has 2 N–H and O–H groups in total. The number of phenolic OH excluding ortho intramolecular Hbond substituents is 2. The number of aromatic hydroxyl groups is 2. The quantitative estimate of drug-likeness (QED) is 0.323. The van der Waals surface area contributed by atoms with E-state index in [1.807, 2.05) is 0 Å². The fraction of sp³-hybridized carbons (Fsp3) is 0.0645. The van der Waals surface area contributed by atoms with Gasteiger partial charge in [-0.15, -0.1) is 0 Å². The summed E-state index contributed by atoms with van der Waals surface area (Å²) in [6, 6.07) is 16.2. The van der Waals surface area contributed by atoms with Gasteiger partial charge in [-0.1, -0.05) is 6.58 Å². The zero-order valence-electron chi connectivity index (χ0n) is 22.3. The first kappa shape index (κ1) is 26.8. The molecule has 0 aromatic heterocycles. The lowest BCUT2D eigenvalue weighted by Gasteiger charge is -2.20. The number of aryl methyl sites for hydroxylation is 1. The smallest absolute Gasteiger partial charge is 0.266 e. The summed E-state index contributed by atoms with van der Waals surface area (Å²) in [5.41, 5.74) is 1.80. The Morgan fingerprint density at radius 2 is 1.19 bits per heavy atom. The van der Waals surface area contributed by atoms with Gasteiger partial charge in [-0.2, -0.15) is 0 Å². The highest BCUT2D eigenvalue weighted by Crippen LogP contribution is 2.42. The van der Waals surface area contributed by atoms with E-state index in [4.69, 9.17) is 4.74 Å². The maximum absolute atomic E-state index is 13.7. The van der Waals surface area contributed by atoms with E-state index in [1.165, 1.54) is 84.8 Å². The Hall–Kier alpha value is -5.42. The minimum atomic E-state index is -4.20. The van der Waals surface area contributed by atoms with Crippen LogP contribution in [-0.4, -0.2) is 43.5 Å². The van der Waals surface area contributed by atoms with Crippen LogP contribution in [0, 0.1) is 6.92 Å².